The van der Waals surface area contributed by atoms with Crippen molar-refractivity contribution in [2.75, 3.05) is 5.88 Å². The van der Waals surface area contributed by atoms with Gasteiger partial charge in [0.2, 0.25) is 0 Å². The molecule has 0 radical (unpaired) electrons. The zero-order valence-electron chi connectivity index (χ0n) is 11.3. The Bertz CT molecular complexity index is 690. The molecule has 5 heteroatoms. The molecule has 0 aliphatic rings. The third kappa shape index (κ3) is 2.58. The summed E-state index contributed by atoms with van der Waals surface area (Å²) in [5.41, 5.74) is 3.26. The molecular weight excluding hydrogens is 290 g/mol. The molecule has 0 saturated carbocycles. The molecule has 3 heterocycles. The van der Waals surface area contributed by atoms with Crippen molar-refractivity contribution >= 4 is 34.1 Å². The normalized spacial score (nSPS) is 12.9. The van der Waals surface area contributed by atoms with Crippen LogP contribution in [0.5, 0.6) is 0 Å². The van der Waals surface area contributed by atoms with Crippen LogP contribution in [0.1, 0.15) is 24.4 Å². The van der Waals surface area contributed by atoms with Crippen molar-refractivity contribution in [3.8, 4) is 0 Å². The van der Waals surface area contributed by atoms with Crippen LogP contribution in [0.25, 0.3) is 11.2 Å². The summed E-state index contributed by atoms with van der Waals surface area (Å²) in [6.45, 7) is 2.21. The van der Waals surface area contributed by atoms with E-state index in [2.05, 4.69) is 38.3 Å². The lowest BCUT2D eigenvalue weighted by molar-refractivity contribution is 0.535. The molecule has 0 bridgehead atoms. The second-order valence-electron chi connectivity index (χ2n) is 4.87. The highest BCUT2D eigenvalue weighted by atomic mass is 35.5. The summed E-state index contributed by atoms with van der Waals surface area (Å²) in [5, 5.41) is 4.32. The van der Waals surface area contributed by atoms with E-state index in [9.17, 15) is 0 Å². The maximum absolute atomic E-state index is 5.91. The number of imidazole rings is 1. The van der Waals surface area contributed by atoms with E-state index in [1.807, 2.05) is 18.3 Å². The molecule has 0 aromatic carbocycles. The zero-order chi connectivity index (χ0) is 13.9. The Labute approximate surface area is 127 Å². The molecule has 104 valence electrons. The highest BCUT2D eigenvalue weighted by Gasteiger charge is 2.16. The van der Waals surface area contributed by atoms with E-state index in [-0.39, 0.29) is 0 Å². The lowest BCUT2D eigenvalue weighted by Gasteiger charge is -2.16. The smallest absolute Gasteiger partial charge is 0.160 e. The molecule has 0 saturated heterocycles. The van der Waals surface area contributed by atoms with Gasteiger partial charge in [-0.2, -0.15) is 11.3 Å². The molecule has 20 heavy (non-hydrogen) atoms. The highest BCUT2D eigenvalue weighted by molar-refractivity contribution is 7.07. The molecule has 0 aliphatic carbocycles. The fourth-order valence-electron chi connectivity index (χ4n) is 2.54. The van der Waals surface area contributed by atoms with Crippen molar-refractivity contribution in [3.05, 3.63) is 46.5 Å². The van der Waals surface area contributed by atoms with E-state index in [1.54, 1.807) is 11.3 Å². The molecule has 0 fully saturated rings. The monoisotopic (exact) mass is 305 g/mol. The number of nitrogens with zero attached hydrogens (tertiary/aromatic N) is 3. The van der Waals surface area contributed by atoms with E-state index >= 15 is 0 Å². The Morgan fingerprint density at radius 2 is 2.30 bits per heavy atom. The molecule has 0 aliphatic heterocycles. The number of aromatic nitrogens is 3. The van der Waals surface area contributed by atoms with Crippen molar-refractivity contribution in [2.45, 2.75) is 25.8 Å². The standard InChI is InChI=1S/C15H16ClN3S/c1-11(9-12-5-8-20-10-12)19-14(4-6-16)18-13-3-2-7-17-15(13)19/h2-3,5,7-8,10-11H,4,6,9H2,1H3. The molecule has 1 atom stereocenters. The maximum Gasteiger partial charge on any atom is 0.160 e. The minimum Gasteiger partial charge on any atom is -0.309 e. The SMILES string of the molecule is CC(Cc1ccsc1)n1c(CCCl)nc2cccnc21. The molecule has 1 unspecified atom stereocenters. The molecule has 3 rings (SSSR count). The van der Waals surface area contributed by atoms with E-state index in [0.29, 0.717) is 11.9 Å². The Morgan fingerprint density at radius 1 is 1.40 bits per heavy atom. The first-order valence-electron chi connectivity index (χ1n) is 6.68. The molecule has 0 spiro atoms. The van der Waals surface area contributed by atoms with Gasteiger partial charge in [-0.3, -0.25) is 0 Å². The average molecular weight is 306 g/mol. The number of aryl methyl sites for hydroxylation is 1. The lowest BCUT2D eigenvalue weighted by Crippen LogP contribution is -2.12. The van der Waals surface area contributed by atoms with Crippen molar-refractivity contribution < 1.29 is 0 Å². The first-order chi connectivity index (χ1) is 9.79. The van der Waals surface area contributed by atoms with Crippen LogP contribution in [0, 0.1) is 0 Å². The Balaban J connectivity index is 2.01. The molecule has 3 aromatic rings. The topological polar surface area (TPSA) is 30.7 Å². The minimum atomic E-state index is 0.322. The predicted octanol–water partition coefficient (Wildman–Crippen LogP) is 4.08. The quantitative estimate of drug-likeness (QED) is 0.665. The van der Waals surface area contributed by atoms with Crippen LogP contribution in [0.2, 0.25) is 0 Å². The van der Waals surface area contributed by atoms with Gasteiger partial charge in [-0.1, -0.05) is 0 Å². The molecule has 0 amide bonds. The number of rotatable bonds is 5. The number of pyridine rings is 1. The average Bonchev–Trinajstić information content (AvgIpc) is 3.05. The van der Waals surface area contributed by atoms with E-state index < -0.39 is 0 Å². The summed E-state index contributed by atoms with van der Waals surface area (Å²) in [5.74, 6) is 1.60. The minimum absolute atomic E-state index is 0.322. The number of hydrogen-bond acceptors (Lipinski definition) is 3. The second kappa shape index (κ2) is 5.94. The first-order valence-corrected chi connectivity index (χ1v) is 8.16. The number of thiophene rings is 1. The highest BCUT2D eigenvalue weighted by Crippen LogP contribution is 2.23. The van der Waals surface area contributed by atoms with Crippen LogP contribution >= 0.6 is 22.9 Å². The van der Waals surface area contributed by atoms with Gasteiger partial charge < -0.3 is 4.57 Å². The number of alkyl halides is 1. The van der Waals surface area contributed by atoms with Crippen LogP contribution < -0.4 is 0 Å². The van der Waals surface area contributed by atoms with Gasteiger partial charge in [0.05, 0.1) is 0 Å². The molecule has 3 nitrogen and oxygen atoms in total. The molecule has 0 N–H and O–H groups in total. The number of fused-ring (bicyclic) bond motifs is 1. The van der Waals surface area contributed by atoms with E-state index in [4.69, 9.17) is 11.6 Å². The van der Waals surface area contributed by atoms with Crippen molar-refractivity contribution in [3.63, 3.8) is 0 Å². The van der Waals surface area contributed by atoms with Crippen LogP contribution in [0.3, 0.4) is 0 Å². The Morgan fingerprint density at radius 3 is 3.05 bits per heavy atom. The summed E-state index contributed by atoms with van der Waals surface area (Å²) in [6, 6.07) is 6.43. The van der Waals surface area contributed by atoms with Crippen molar-refractivity contribution in [1.82, 2.24) is 14.5 Å². The van der Waals surface area contributed by atoms with Crippen molar-refractivity contribution in [1.29, 1.82) is 0 Å². The van der Waals surface area contributed by atoms with Crippen LogP contribution in [0.4, 0.5) is 0 Å². The van der Waals surface area contributed by atoms with Gasteiger partial charge in [-0.05, 0) is 47.9 Å². The summed E-state index contributed by atoms with van der Waals surface area (Å²) in [6.07, 6.45) is 3.58. The lowest BCUT2D eigenvalue weighted by atomic mass is 10.1. The van der Waals surface area contributed by atoms with E-state index in [1.165, 1.54) is 5.56 Å². The van der Waals surface area contributed by atoms with E-state index in [0.717, 1.165) is 29.8 Å². The van der Waals surface area contributed by atoms with Gasteiger partial charge >= 0.3 is 0 Å². The maximum atomic E-state index is 5.91. The molecule has 3 aromatic heterocycles. The summed E-state index contributed by atoms with van der Waals surface area (Å²) in [7, 11) is 0. The molecular formula is C15H16ClN3S. The van der Waals surface area contributed by atoms with Crippen LogP contribution in [0.15, 0.2) is 35.2 Å². The van der Waals surface area contributed by atoms with Gasteiger partial charge in [0.25, 0.3) is 0 Å². The summed E-state index contributed by atoms with van der Waals surface area (Å²) < 4.78 is 2.23. The largest absolute Gasteiger partial charge is 0.309 e. The fourth-order valence-corrected chi connectivity index (χ4v) is 3.39. The summed E-state index contributed by atoms with van der Waals surface area (Å²) in [4.78, 5) is 9.17. The second-order valence-corrected chi connectivity index (χ2v) is 6.03. The Kier molecular flexibility index (Phi) is 4.03. The fraction of sp³-hybridized carbons (Fsp3) is 0.333. The summed E-state index contributed by atoms with van der Waals surface area (Å²) >= 11 is 7.65. The first kappa shape index (κ1) is 13.6. The Hall–Kier alpha value is -1.39. The predicted molar refractivity (Wildman–Crippen MR) is 84.7 cm³/mol. The third-order valence-corrected chi connectivity index (χ3v) is 4.31. The van der Waals surface area contributed by atoms with Crippen LogP contribution in [-0.4, -0.2) is 20.4 Å². The van der Waals surface area contributed by atoms with Gasteiger partial charge in [-0.15, -0.1) is 11.6 Å². The van der Waals surface area contributed by atoms with Crippen LogP contribution in [-0.2, 0) is 12.8 Å². The number of hydrogen-bond donors (Lipinski definition) is 0. The van der Waals surface area contributed by atoms with Gasteiger partial charge in [0.1, 0.15) is 11.3 Å². The van der Waals surface area contributed by atoms with Crippen molar-refractivity contribution in [2.24, 2.45) is 0 Å². The van der Waals surface area contributed by atoms with Gasteiger partial charge in [0, 0.05) is 24.5 Å². The number of halogens is 1. The zero-order valence-corrected chi connectivity index (χ0v) is 12.9. The third-order valence-electron chi connectivity index (χ3n) is 3.39. The van der Waals surface area contributed by atoms with Gasteiger partial charge in [0.15, 0.2) is 5.65 Å². The van der Waals surface area contributed by atoms with Gasteiger partial charge in [-0.25, -0.2) is 9.97 Å².